The number of hydrogen-bond acceptors (Lipinski definition) is 1. The van der Waals surface area contributed by atoms with E-state index in [-0.39, 0.29) is 0 Å². The van der Waals surface area contributed by atoms with E-state index in [0.717, 1.165) is 23.5 Å². The molecule has 0 amide bonds. The van der Waals surface area contributed by atoms with E-state index >= 15 is 0 Å². The van der Waals surface area contributed by atoms with Gasteiger partial charge in [0.2, 0.25) is 0 Å². The average molecular weight is 248 g/mol. The molecule has 0 aliphatic rings. The largest absolute Gasteiger partial charge is 0.344 e. The SMILES string of the molecule is Cc1ccc(Cc2c[nH]c(-c3ccccc3)n2)cc1. The van der Waals surface area contributed by atoms with E-state index in [1.54, 1.807) is 0 Å². The molecule has 0 radical (unpaired) electrons. The van der Waals surface area contributed by atoms with Gasteiger partial charge < -0.3 is 4.98 Å². The highest BCUT2D eigenvalue weighted by Gasteiger charge is 2.04. The Morgan fingerprint density at radius 1 is 0.947 bits per heavy atom. The number of rotatable bonds is 3. The van der Waals surface area contributed by atoms with Gasteiger partial charge in [-0.2, -0.15) is 0 Å². The van der Waals surface area contributed by atoms with Crippen LogP contribution in [0.2, 0.25) is 0 Å². The fourth-order valence-electron chi connectivity index (χ4n) is 2.11. The fraction of sp³-hybridized carbons (Fsp3) is 0.118. The number of hydrogen-bond donors (Lipinski definition) is 1. The Morgan fingerprint density at radius 3 is 2.42 bits per heavy atom. The summed E-state index contributed by atoms with van der Waals surface area (Å²) in [5.74, 6) is 0.933. The number of nitrogens with one attached hydrogen (secondary N) is 1. The van der Waals surface area contributed by atoms with Crippen molar-refractivity contribution in [2.24, 2.45) is 0 Å². The highest BCUT2D eigenvalue weighted by molar-refractivity contribution is 5.54. The second-order valence-electron chi connectivity index (χ2n) is 4.77. The summed E-state index contributed by atoms with van der Waals surface area (Å²) in [5.41, 5.74) is 4.77. The molecule has 2 aromatic carbocycles. The van der Waals surface area contributed by atoms with Crippen molar-refractivity contribution in [3.05, 3.63) is 77.6 Å². The molecule has 94 valence electrons. The molecule has 2 heteroatoms. The zero-order chi connectivity index (χ0) is 13.1. The van der Waals surface area contributed by atoms with Crippen LogP contribution in [0.15, 0.2) is 60.8 Å². The molecule has 3 rings (SSSR count). The van der Waals surface area contributed by atoms with Crippen molar-refractivity contribution < 1.29 is 0 Å². The van der Waals surface area contributed by atoms with Crippen LogP contribution in [0.25, 0.3) is 11.4 Å². The third-order valence-electron chi connectivity index (χ3n) is 3.18. The molecule has 0 unspecified atom stereocenters. The van der Waals surface area contributed by atoms with Crippen molar-refractivity contribution >= 4 is 0 Å². The summed E-state index contributed by atoms with van der Waals surface area (Å²) < 4.78 is 0. The molecule has 0 aliphatic carbocycles. The molecule has 0 spiro atoms. The fourth-order valence-corrected chi connectivity index (χ4v) is 2.11. The maximum atomic E-state index is 4.64. The van der Waals surface area contributed by atoms with E-state index in [2.05, 4.69) is 53.3 Å². The van der Waals surface area contributed by atoms with E-state index in [1.807, 2.05) is 24.4 Å². The molecule has 0 bridgehead atoms. The molecule has 2 nitrogen and oxygen atoms in total. The molecule has 0 saturated carbocycles. The molecule has 1 aromatic heterocycles. The van der Waals surface area contributed by atoms with Crippen LogP contribution in [0.5, 0.6) is 0 Å². The summed E-state index contributed by atoms with van der Waals surface area (Å²) in [6.45, 7) is 2.10. The first kappa shape index (κ1) is 11.7. The summed E-state index contributed by atoms with van der Waals surface area (Å²) in [7, 11) is 0. The standard InChI is InChI=1S/C17H16N2/c1-13-7-9-14(10-8-13)11-16-12-18-17(19-16)15-5-3-2-4-6-15/h2-10,12H,11H2,1H3,(H,18,19). The number of benzene rings is 2. The third-order valence-corrected chi connectivity index (χ3v) is 3.18. The van der Waals surface area contributed by atoms with E-state index in [1.165, 1.54) is 11.1 Å². The summed E-state index contributed by atoms with van der Waals surface area (Å²) >= 11 is 0. The maximum Gasteiger partial charge on any atom is 0.137 e. The number of aryl methyl sites for hydroxylation is 1. The Labute approximate surface area is 113 Å². The van der Waals surface area contributed by atoms with Crippen LogP contribution in [0.1, 0.15) is 16.8 Å². The molecule has 1 N–H and O–H groups in total. The predicted octanol–water partition coefficient (Wildman–Crippen LogP) is 3.98. The van der Waals surface area contributed by atoms with Crippen molar-refractivity contribution in [1.29, 1.82) is 0 Å². The summed E-state index contributed by atoms with van der Waals surface area (Å²) in [4.78, 5) is 7.89. The van der Waals surface area contributed by atoms with E-state index < -0.39 is 0 Å². The van der Waals surface area contributed by atoms with Gasteiger partial charge in [0.1, 0.15) is 5.82 Å². The summed E-state index contributed by atoms with van der Waals surface area (Å²) in [6, 6.07) is 18.8. The van der Waals surface area contributed by atoms with Crippen LogP contribution in [0, 0.1) is 6.92 Å². The number of H-pyrrole nitrogens is 1. The molecule has 19 heavy (non-hydrogen) atoms. The van der Waals surface area contributed by atoms with Gasteiger partial charge in [-0.1, -0.05) is 60.2 Å². The molecule has 0 fully saturated rings. The van der Waals surface area contributed by atoms with Gasteiger partial charge in [-0.15, -0.1) is 0 Å². The van der Waals surface area contributed by atoms with Gasteiger partial charge in [-0.25, -0.2) is 4.98 Å². The average Bonchev–Trinajstić information content (AvgIpc) is 2.91. The van der Waals surface area contributed by atoms with Crippen molar-refractivity contribution in [2.75, 3.05) is 0 Å². The summed E-state index contributed by atoms with van der Waals surface area (Å²) in [6.07, 6.45) is 2.85. The number of aromatic amines is 1. The first-order valence-corrected chi connectivity index (χ1v) is 6.46. The van der Waals surface area contributed by atoms with Crippen LogP contribution in [-0.4, -0.2) is 9.97 Å². The Balaban J connectivity index is 1.80. The van der Waals surface area contributed by atoms with Crippen molar-refractivity contribution in [3.63, 3.8) is 0 Å². The topological polar surface area (TPSA) is 28.7 Å². The molecular weight excluding hydrogens is 232 g/mol. The lowest BCUT2D eigenvalue weighted by molar-refractivity contribution is 1.11. The molecule has 3 aromatic rings. The predicted molar refractivity (Wildman–Crippen MR) is 78.0 cm³/mol. The molecule has 0 saturated heterocycles. The lowest BCUT2D eigenvalue weighted by Gasteiger charge is -1.99. The highest BCUT2D eigenvalue weighted by atomic mass is 14.9. The first-order valence-electron chi connectivity index (χ1n) is 6.46. The van der Waals surface area contributed by atoms with Gasteiger partial charge in [-0.05, 0) is 12.5 Å². The minimum absolute atomic E-state index is 0.865. The van der Waals surface area contributed by atoms with Crippen molar-refractivity contribution in [3.8, 4) is 11.4 Å². The first-order chi connectivity index (χ1) is 9.31. The molecule has 0 aliphatic heterocycles. The quantitative estimate of drug-likeness (QED) is 0.746. The summed E-state index contributed by atoms with van der Waals surface area (Å²) in [5, 5.41) is 0. The molecule has 0 atom stereocenters. The van der Waals surface area contributed by atoms with E-state index in [9.17, 15) is 0 Å². The second-order valence-corrected chi connectivity index (χ2v) is 4.77. The van der Waals surface area contributed by atoms with Crippen molar-refractivity contribution in [1.82, 2.24) is 9.97 Å². The Bertz CT molecular complexity index is 651. The third kappa shape index (κ3) is 2.74. The lowest BCUT2D eigenvalue weighted by Crippen LogP contribution is -1.88. The lowest BCUT2D eigenvalue weighted by atomic mass is 10.1. The van der Waals surface area contributed by atoms with E-state index in [0.29, 0.717) is 0 Å². The van der Waals surface area contributed by atoms with Crippen LogP contribution in [-0.2, 0) is 6.42 Å². The highest BCUT2D eigenvalue weighted by Crippen LogP contribution is 2.16. The monoisotopic (exact) mass is 248 g/mol. The molecular formula is C17H16N2. The number of imidazole rings is 1. The number of nitrogens with zero attached hydrogens (tertiary/aromatic N) is 1. The Morgan fingerprint density at radius 2 is 1.68 bits per heavy atom. The number of aromatic nitrogens is 2. The smallest absolute Gasteiger partial charge is 0.137 e. The van der Waals surface area contributed by atoms with Crippen LogP contribution < -0.4 is 0 Å². The van der Waals surface area contributed by atoms with Gasteiger partial charge in [-0.3, -0.25) is 0 Å². The zero-order valence-corrected chi connectivity index (χ0v) is 10.9. The Kier molecular flexibility index (Phi) is 3.15. The Hall–Kier alpha value is -2.35. The van der Waals surface area contributed by atoms with Gasteiger partial charge >= 0.3 is 0 Å². The van der Waals surface area contributed by atoms with Gasteiger partial charge in [0, 0.05) is 18.2 Å². The normalized spacial score (nSPS) is 10.6. The zero-order valence-electron chi connectivity index (χ0n) is 10.9. The molecule has 1 heterocycles. The van der Waals surface area contributed by atoms with Crippen molar-refractivity contribution in [2.45, 2.75) is 13.3 Å². The minimum atomic E-state index is 0.865. The second kappa shape index (κ2) is 5.11. The van der Waals surface area contributed by atoms with Crippen LogP contribution >= 0.6 is 0 Å². The maximum absolute atomic E-state index is 4.64. The van der Waals surface area contributed by atoms with Gasteiger partial charge in [0.25, 0.3) is 0 Å². The van der Waals surface area contributed by atoms with E-state index in [4.69, 9.17) is 0 Å². The minimum Gasteiger partial charge on any atom is -0.344 e. The van der Waals surface area contributed by atoms with Gasteiger partial charge in [0.15, 0.2) is 0 Å². The van der Waals surface area contributed by atoms with Crippen LogP contribution in [0.4, 0.5) is 0 Å². The van der Waals surface area contributed by atoms with Crippen LogP contribution in [0.3, 0.4) is 0 Å². The van der Waals surface area contributed by atoms with Gasteiger partial charge in [0.05, 0.1) is 5.69 Å².